The molecule has 1 N–H and O–H groups in total. The molecule has 0 aliphatic rings. The third kappa shape index (κ3) is 4.37. The van der Waals surface area contributed by atoms with Gasteiger partial charge in [0.05, 0.1) is 10.6 Å². The number of carbonyl (C=O) groups excluding carboxylic acids is 1. The standard InChI is InChI=1S/C20H17BrN2O3S/c1-23(18-8-3-2-4-9-18)27(25,26)19-12-10-15(11-13-19)20(24)22-17-7-5-6-16(21)14-17/h2-14H,1H3,(H,22,24). The van der Waals surface area contributed by atoms with E-state index in [1.54, 1.807) is 36.4 Å². The molecular weight excluding hydrogens is 428 g/mol. The Labute approximate surface area is 166 Å². The van der Waals surface area contributed by atoms with Crippen LogP contribution in [0.25, 0.3) is 0 Å². The zero-order chi connectivity index (χ0) is 19.4. The van der Waals surface area contributed by atoms with E-state index < -0.39 is 10.0 Å². The summed E-state index contributed by atoms with van der Waals surface area (Å²) < 4.78 is 27.6. The Kier molecular flexibility index (Phi) is 5.62. The lowest BCUT2D eigenvalue weighted by Crippen LogP contribution is -2.26. The number of hydrogen-bond donors (Lipinski definition) is 1. The smallest absolute Gasteiger partial charge is 0.264 e. The van der Waals surface area contributed by atoms with Crippen molar-refractivity contribution in [3.05, 3.63) is 88.9 Å². The van der Waals surface area contributed by atoms with Gasteiger partial charge < -0.3 is 5.32 Å². The summed E-state index contributed by atoms with van der Waals surface area (Å²) >= 11 is 3.35. The van der Waals surface area contributed by atoms with Crippen LogP contribution in [0.15, 0.2) is 88.2 Å². The monoisotopic (exact) mass is 444 g/mol. The number of para-hydroxylation sites is 1. The van der Waals surface area contributed by atoms with Crippen LogP contribution in [-0.4, -0.2) is 21.4 Å². The van der Waals surface area contributed by atoms with Crippen LogP contribution in [0.3, 0.4) is 0 Å². The molecule has 5 nitrogen and oxygen atoms in total. The van der Waals surface area contributed by atoms with Crippen molar-refractivity contribution >= 4 is 43.2 Å². The van der Waals surface area contributed by atoms with Crippen molar-refractivity contribution in [1.29, 1.82) is 0 Å². The van der Waals surface area contributed by atoms with Gasteiger partial charge in [0.1, 0.15) is 0 Å². The molecule has 138 valence electrons. The Morgan fingerprint density at radius 3 is 2.22 bits per heavy atom. The summed E-state index contributed by atoms with van der Waals surface area (Å²) in [5.74, 6) is -0.312. The molecule has 0 bridgehead atoms. The summed E-state index contributed by atoms with van der Waals surface area (Å²) in [4.78, 5) is 12.5. The van der Waals surface area contributed by atoms with Gasteiger partial charge in [-0.2, -0.15) is 0 Å². The highest BCUT2D eigenvalue weighted by molar-refractivity contribution is 9.10. The highest BCUT2D eigenvalue weighted by Crippen LogP contribution is 2.22. The van der Waals surface area contributed by atoms with Crippen molar-refractivity contribution in [1.82, 2.24) is 0 Å². The van der Waals surface area contributed by atoms with Crippen LogP contribution in [0.4, 0.5) is 11.4 Å². The predicted octanol–water partition coefficient (Wildman–Crippen LogP) is 4.53. The lowest BCUT2D eigenvalue weighted by molar-refractivity contribution is 0.102. The van der Waals surface area contributed by atoms with E-state index in [0.717, 1.165) is 4.47 Å². The van der Waals surface area contributed by atoms with Gasteiger partial charge in [-0.3, -0.25) is 9.10 Å². The summed E-state index contributed by atoms with van der Waals surface area (Å²) in [5.41, 5.74) is 1.58. The first-order valence-corrected chi connectivity index (χ1v) is 10.3. The number of hydrogen-bond acceptors (Lipinski definition) is 3. The Bertz CT molecular complexity index is 1050. The summed E-state index contributed by atoms with van der Waals surface area (Å²) in [5, 5.41) is 2.78. The number of benzene rings is 3. The van der Waals surface area contributed by atoms with Crippen molar-refractivity contribution in [3.8, 4) is 0 Å². The van der Waals surface area contributed by atoms with Crippen molar-refractivity contribution in [2.75, 3.05) is 16.7 Å². The van der Waals surface area contributed by atoms with Crippen molar-refractivity contribution in [2.24, 2.45) is 0 Å². The van der Waals surface area contributed by atoms with Gasteiger partial charge in [-0.05, 0) is 54.6 Å². The van der Waals surface area contributed by atoms with Crippen molar-refractivity contribution < 1.29 is 13.2 Å². The van der Waals surface area contributed by atoms with E-state index in [-0.39, 0.29) is 10.8 Å². The van der Waals surface area contributed by atoms with Gasteiger partial charge in [0.25, 0.3) is 15.9 Å². The molecule has 0 unspecified atom stereocenters. The maximum atomic E-state index is 12.8. The first-order valence-electron chi connectivity index (χ1n) is 8.09. The molecular formula is C20H17BrN2O3S. The van der Waals surface area contributed by atoms with Gasteiger partial charge in [-0.15, -0.1) is 0 Å². The van der Waals surface area contributed by atoms with E-state index in [1.165, 1.54) is 35.6 Å². The maximum absolute atomic E-state index is 12.8. The van der Waals surface area contributed by atoms with Crippen molar-refractivity contribution in [3.63, 3.8) is 0 Å². The van der Waals surface area contributed by atoms with Crippen LogP contribution in [0.1, 0.15) is 10.4 Å². The molecule has 7 heteroatoms. The van der Waals surface area contributed by atoms with E-state index in [0.29, 0.717) is 16.9 Å². The molecule has 3 aromatic carbocycles. The van der Waals surface area contributed by atoms with E-state index in [2.05, 4.69) is 21.2 Å². The van der Waals surface area contributed by atoms with Gasteiger partial charge in [0.15, 0.2) is 0 Å². The predicted molar refractivity (Wildman–Crippen MR) is 111 cm³/mol. The molecule has 0 spiro atoms. The SMILES string of the molecule is CN(c1ccccc1)S(=O)(=O)c1ccc(C(=O)Nc2cccc(Br)c2)cc1. The Morgan fingerprint density at radius 1 is 0.926 bits per heavy atom. The minimum Gasteiger partial charge on any atom is -0.322 e. The molecule has 0 radical (unpaired) electrons. The maximum Gasteiger partial charge on any atom is 0.264 e. The molecule has 27 heavy (non-hydrogen) atoms. The minimum atomic E-state index is -3.70. The fourth-order valence-electron chi connectivity index (χ4n) is 2.48. The molecule has 0 aliphatic heterocycles. The third-order valence-corrected chi connectivity index (χ3v) is 6.27. The Morgan fingerprint density at radius 2 is 1.59 bits per heavy atom. The fourth-order valence-corrected chi connectivity index (χ4v) is 4.08. The number of nitrogens with one attached hydrogen (secondary N) is 1. The average Bonchev–Trinajstić information content (AvgIpc) is 2.68. The van der Waals surface area contributed by atoms with Gasteiger partial charge in [0.2, 0.25) is 0 Å². The lowest BCUT2D eigenvalue weighted by atomic mass is 10.2. The first-order chi connectivity index (χ1) is 12.9. The first kappa shape index (κ1) is 19.1. The molecule has 1 amide bonds. The number of sulfonamides is 1. The normalized spacial score (nSPS) is 11.0. The number of nitrogens with zero attached hydrogens (tertiary/aromatic N) is 1. The van der Waals surface area contributed by atoms with Gasteiger partial charge >= 0.3 is 0 Å². The van der Waals surface area contributed by atoms with E-state index in [1.807, 2.05) is 18.2 Å². The molecule has 0 fully saturated rings. The summed E-state index contributed by atoms with van der Waals surface area (Å²) in [6, 6.07) is 21.9. The van der Waals surface area contributed by atoms with E-state index >= 15 is 0 Å². The largest absolute Gasteiger partial charge is 0.322 e. The number of carbonyl (C=O) groups is 1. The summed E-state index contributed by atoms with van der Waals surface area (Å²) in [6.07, 6.45) is 0. The van der Waals surface area contributed by atoms with E-state index in [9.17, 15) is 13.2 Å². The summed E-state index contributed by atoms with van der Waals surface area (Å²) in [6.45, 7) is 0. The van der Waals surface area contributed by atoms with Crippen LogP contribution in [0.2, 0.25) is 0 Å². The van der Waals surface area contributed by atoms with Crippen LogP contribution in [0, 0.1) is 0 Å². The second-order valence-electron chi connectivity index (χ2n) is 5.80. The van der Waals surface area contributed by atoms with Crippen LogP contribution >= 0.6 is 15.9 Å². The second kappa shape index (κ2) is 7.94. The van der Waals surface area contributed by atoms with Gasteiger partial charge in [-0.1, -0.05) is 40.2 Å². The molecule has 0 aliphatic carbocycles. The zero-order valence-electron chi connectivity index (χ0n) is 14.5. The molecule has 0 heterocycles. The lowest BCUT2D eigenvalue weighted by Gasteiger charge is -2.19. The molecule has 0 saturated heterocycles. The minimum absolute atomic E-state index is 0.118. The quantitative estimate of drug-likeness (QED) is 0.628. The topological polar surface area (TPSA) is 66.5 Å². The molecule has 0 aromatic heterocycles. The van der Waals surface area contributed by atoms with Crippen LogP contribution in [-0.2, 0) is 10.0 Å². The Balaban J connectivity index is 1.79. The number of rotatable bonds is 5. The highest BCUT2D eigenvalue weighted by atomic mass is 79.9. The Hall–Kier alpha value is -2.64. The van der Waals surface area contributed by atoms with Crippen LogP contribution in [0.5, 0.6) is 0 Å². The highest BCUT2D eigenvalue weighted by Gasteiger charge is 2.21. The number of halogens is 1. The zero-order valence-corrected chi connectivity index (χ0v) is 16.9. The second-order valence-corrected chi connectivity index (χ2v) is 8.68. The number of amides is 1. The number of anilines is 2. The van der Waals surface area contributed by atoms with E-state index in [4.69, 9.17) is 0 Å². The van der Waals surface area contributed by atoms with Gasteiger partial charge in [0, 0.05) is 22.8 Å². The molecule has 3 aromatic rings. The summed E-state index contributed by atoms with van der Waals surface area (Å²) in [7, 11) is -2.21. The van der Waals surface area contributed by atoms with Crippen LogP contribution < -0.4 is 9.62 Å². The molecule has 0 atom stereocenters. The van der Waals surface area contributed by atoms with Gasteiger partial charge in [-0.25, -0.2) is 8.42 Å². The fraction of sp³-hybridized carbons (Fsp3) is 0.0500. The average molecular weight is 445 g/mol. The van der Waals surface area contributed by atoms with Crippen molar-refractivity contribution in [2.45, 2.75) is 4.90 Å². The third-order valence-electron chi connectivity index (χ3n) is 3.98. The molecule has 0 saturated carbocycles. The molecule has 3 rings (SSSR count).